The Kier molecular flexibility index (Phi) is 5.83. The molecule has 146 valence electrons. The van der Waals surface area contributed by atoms with Gasteiger partial charge in [-0.05, 0) is 43.5 Å². The summed E-state index contributed by atoms with van der Waals surface area (Å²) in [4.78, 5) is 16.4. The molecule has 1 saturated carbocycles. The van der Waals surface area contributed by atoms with E-state index in [1.165, 1.54) is 40.3 Å². The number of amides is 2. The number of thiophene rings is 1. The molecule has 0 bridgehead atoms. The summed E-state index contributed by atoms with van der Waals surface area (Å²) in [6, 6.07) is 4.44. The molecule has 5 nitrogen and oxygen atoms in total. The van der Waals surface area contributed by atoms with Gasteiger partial charge in [-0.25, -0.2) is 4.79 Å². The summed E-state index contributed by atoms with van der Waals surface area (Å²) in [6.07, 6.45) is 11.3. The molecular formula is C21H30N4OS. The van der Waals surface area contributed by atoms with Crippen LogP contribution in [0.15, 0.2) is 24.5 Å². The van der Waals surface area contributed by atoms with Crippen molar-refractivity contribution in [3.8, 4) is 5.00 Å². The highest BCUT2D eigenvalue weighted by molar-refractivity contribution is 7.14. The van der Waals surface area contributed by atoms with Gasteiger partial charge < -0.3 is 15.2 Å². The number of aromatic nitrogens is 1. The molecule has 0 saturated heterocycles. The number of carbonyl (C=O) groups excluding carboxylic acids is 1. The second kappa shape index (κ2) is 8.48. The Morgan fingerprint density at radius 3 is 2.74 bits per heavy atom. The SMILES string of the molecule is CCN1CCc2c(sc(-n3cccc3)c2CNC(=O)NC2CCCCC2)C1. The van der Waals surface area contributed by atoms with Crippen molar-refractivity contribution in [3.05, 3.63) is 40.5 Å². The summed E-state index contributed by atoms with van der Waals surface area (Å²) in [5.74, 6) is 0. The predicted octanol–water partition coefficient (Wildman–Crippen LogP) is 4.05. The molecule has 0 aromatic carbocycles. The molecule has 0 radical (unpaired) electrons. The van der Waals surface area contributed by atoms with E-state index in [-0.39, 0.29) is 6.03 Å². The molecule has 0 unspecified atom stereocenters. The van der Waals surface area contributed by atoms with Crippen molar-refractivity contribution >= 4 is 17.4 Å². The number of likely N-dealkylation sites (N-methyl/N-ethyl adjacent to an activating group) is 1. The van der Waals surface area contributed by atoms with Crippen LogP contribution in [-0.2, 0) is 19.5 Å². The zero-order valence-electron chi connectivity index (χ0n) is 16.2. The topological polar surface area (TPSA) is 49.3 Å². The molecule has 27 heavy (non-hydrogen) atoms. The number of hydrogen-bond acceptors (Lipinski definition) is 3. The number of rotatable bonds is 5. The summed E-state index contributed by atoms with van der Waals surface area (Å²) in [5.41, 5.74) is 2.74. The Hall–Kier alpha value is -1.79. The van der Waals surface area contributed by atoms with E-state index in [2.05, 4.69) is 51.6 Å². The number of fused-ring (bicyclic) bond motifs is 1. The van der Waals surface area contributed by atoms with E-state index in [4.69, 9.17) is 0 Å². The molecule has 2 N–H and O–H groups in total. The van der Waals surface area contributed by atoms with Crippen LogP contribution in [0.4, 0.5) is 4.79 Å². The maximum Gasteiger partial charge on any atom is 0.315 e. The average Bonchev–Trinajstić information content (AvgIpc) is 3.34. The standard InChI is InChI=1S/C21H30N4OS/c1-2-24-13-10-17-18(14-22-21(26)23-16-8-4-3-5-9-16)20(27-19(17)15-24)25-11-6-7-12-25/h6-7,11-12,16H,2-5,8-10,13-15H2,1H3,(H2,22,23,26). The molecule has 2 aromatic heterocycles. The van der Waals surface area contributed by atoms with E-state index in [0.717, 1.165) is 38.9 Å². The van der Waals surface area contributed by atoms with Gasteiger partial charge in [0, 0.05) is 48.5 Å². The van der Waals surface area contributed by atoms with Gasteiger partial charge in [-0.2, -0.15) is 0 Å². The quantitative estimate of drug-likeness (QED) is 0.814. The molecule has 1 aliphatic carbocycles. The average molecular weight is 387 g/mol. The fourth-order valence-corrected chi connectivity index (χ4v) is 5.66. The van der Waals surface area contributed by atoms with Gasteiger partial charge in [0.25, 0.3) is 0 Å². The van der Waals surface area contributed by atoms with Crippen molar-refractivity contribution in [1.82, 2.24) is 20.1 Å². The minimum absolute atomic E-state index is 0.0219. The van der Waals surface area contributed by atoms with Gasteiger partial charge in [0.1, 0.15) is 5.00 Å². The largest absolute Gasteiger partial charge is 0.335 e. The van der Waals surface area contributed by atoms with Crippen LogP contribution in [0.2, 0.25) is 0 Å². The lowest BCUT2D eigenvalue weighted by Gasteiger charge is -2.26. The Labute approximate surface area is 165 Å². The fraction of sp³-hybridized carbons (Fsp3) is 0.571. The molecule has 2 amide bonds. The van der Waals surface area contributed by atoms with Crippen molar-refractivity contribution in [2.24, 2.45) is 0 Å². The van der Waals surface area contributed by atoms with Crippen LogP contribution in [0.5, 0.6) is 0 Å². The number of carbonyl (C=O) groups is 1. The number of hydrogen-bond donors (Lipinski definition) is 2. The lowest BCUT2D eigenvalue weighted by molar-refractivity contribution is 0.232. The molecule has 6 heteroatoms. The first kappa shape index (κ1) is 18.6. The molecule has 1 fully saturated rings. The highest BCUT2D eigenvalue weighted by Crippen LogP contribution is 2.35. The molecule has 3 heterocycles. The smallest absolute Gasteiger partial charge is 0.315 e. The van der Waals surface area contributed by atoms with Crippen molar-refractivity contribution in [1.29, 1.82) is 0 Å². The number of nitrogens with one attached hydrogen (secondary N) is 2. The highest BCUT2D eigenvalue weighted by Gasteiger charge is 2.25. The lowest BCUT2D eigenvalue weighted by Crippen LogP contribution is -2.42. The number of urea groups is 1. The Balaban J connectivity index is 1.49. The highest BCUT2D eigenvalue weighted by atomic mass is 32.1. The zero-order chi connectivity index (χ0) is 18.6. The second-order valence-electron chi connectivity index (χ2n) is 7.66. The van der Waals surface area contributed by atoms with Crippen LogP contribution in [0, 0.1) is 0 Å². The molecule has 0 spiro atoms. The Morgan fingerprint density at radius 1 is 1.22 bits per heavy atom. The van der Waals surface area contributed by atoms with E-state index in [9.17, 15) is 4.79 Å². The van der Waals surface area contributed by atoms with Crippen LogP contribution >= 0.6 is 11.3 Å². The summed E-state index contributed by atoms with van der Waals surface area (Å²) in [6.45, 7) is 6.05. The predicted molar refractivity (Wildman–Crippen MR) is 111 cm³/mol. The van der Waals surface area contributed by atoms with E-state index in [1.54, 1.807) is 0 Å². The molecular weight excluding hydrogens is 356 g/mol. The van der Waals surface area contributed by atoms with Crippen LogP contribution in [0.3, 0.4) is 0 Å². The van der Waals surface area contributed by atoms with Crippen molar-refractivity contribution in [3.63, 3.8) is 0 Å². The van der Waals surface area contributed by atoms with Gasteiger partial charge in [-0.15, -0.1) is 11.3 Å². The van der Waals surface area contributed by atoms with E-state index in [0.29, 0.717) is 12.6 Å². The Morgan fingerprint density at radius 2 is 2.00 bits per heavy atom. The summed E-state index contributed by atoms with van der Waals surface area (Å²) >= 11 is 1.88. The summed E-state index contributed by atoms with van der Waals surface area (Å²) in [7, 11) is 0. The fourth-order valence-electron chi connectivity index (χ4n) is 4.29. The lowest BCUT2D eigenvalue weighted by atomic mass is 9.96. The second-order valence-corrected chi connectivity index (χ2v) is 8.74. The van der Waals surface area contributed by atoms with Crippen LogP contribution < -0.4 is 10.6 Å². The third-order valence-electron chi connectivity index (χ3n) is 5.88. The molecule has 0 atom stereocenters. The summed E-state index contributed by atoms with van der Waals surface area (Å²) < 4.78 is 2.19. The number of nitrogens with zero attached hydrogens (tertiary/aromatic N) is 2. The maximum absolute atomic E-state index is 12.4. The molecule has 2 aromatic rings. The van der Waals surface area contributed by atoms with E-state index >= 15 is 0 Å². The first-order valence-electron chi connectivity index (χ1n) is 10.3. The summed E-state index contributed by atoms with van der Waals surface area (Å²) in [5, 5.41) is 7.56. The molecule has 4 rings (SSSR count). The third kappa shape index (κ3) is 4.22. The van der Waals surface area contributed by atoms with Crippen molar-refractivity contribution in [2.75, 3.05) is 13.1 Å². The van der Waals surface area contributed by atoms with Gasteiger partial charge in [0.15, 0.2) is 0 Å². The van der Waals surface area contributed by atoms with Gasteiger partial charge in [0.2, 0.25) is 0 Å². The van der Waals surface area contributed by atoms with Gasteiger partial charge in [-0.1, -0.05) is 26.2 Å². The van der Waals surface area contributed by atoms with Crippen LogP contribution in [0.1, 0.15) is 55.0 Å². The monoisotopic (exact) mass is 386 g/mol. The van der Waals surface area contributed by atoms with Crippen LogP contribution in [0.25, 0.3) is 5.00 Å². The molecule has 1 aliphatic heterocycles. The minimum Gasteiger partial charge on any atom is -0.335 e. The van der Waals surface area contributed by atoms with Crippen molar-refractivity contribution in [2.45, 2.75) is 64.6 Å². The maximum atomic E-state index is 12.4. The normalized spacial score (nSPS) is 18.3. The van der Waals surface area contributed by atoms with Crippen LogP contribution in [-0.4, -0.2) is 34.6 Å². The first-order valence-corrected chi connectivity index (χ1v) is 11.1. The van der Waals surface area contributed by atoms with Crippen molar-refractivity contribution < 1.29 is 4.79 Å². The van der Waals surface area contributed by atoms with Gasteiger partial charge in [0.05, 0.1) is 0 Å². The van der Waals surface area contributed by atoms with Gasteiger partial charge in [-0.3, -0.25) is 4.90 Å². The molecule has 2 aliphatic rings. The first-order chi connectivity index (χ1) is 13.2. The Bertz CT molecular complexity index is 761. The third-order valence-corrected chi connectivity index (χ3v) is 7.15. The van der Waals surface area contributed by atoms with E-state index < -0.39 is 0 Å². The van der Waals surface area contributed by atoms with Gasteiger partial charge >= 0.3 is 6.03 Å². The zero-order valence-corrected chi connectivity index (χ0v) is 17.0. The minimum atomic E-state index is -0.0219. The van der Waals surface area contributed by atoms with E-state index in [1.807, 2.05) is 11.3 Å².